The van der Waals surface area contributed by atoms with Gasteiger partial charge in [0.25, 0.3) is 0 Å². The number of aromatic amines is 1. The van der Waals surface area contributed by atoms with E-state index in [-0.39, 0.29) is 0 Å². The molecule has 0 saturated heterocycles. The number of anilines is 2. The number of nitrogens with one attached hydrogen (secondary N) is 1. The normalized spacial score (nSPS) is 10.4. The van der Waals surface area contributed by atoms with Crippen molar-refractivity contribution in [3.8, 4) is 0 Å². The van der Waals surface area contributed by atoms with Gasteiger partial charge in [0.1, 0.15) is 5.82 Å². The molecule has 0 aliphatic carbocycles. The SMILES string of the molecule is CN(CCCc1ccccc1)c1cn[nH]c1N. The highest BCUT2D eigenvalue weighted by atomic mass is 15.2. The van der Waals surface area contributed by atoms with Gasteiger partial charge in [-0.2, -0.15) is 5.10 Å². The Morgan fingerprint density at radius 1 is 1.29 bits per heavy atom. The number of nitrogens with zero attached hydrogens (tertiary/aromatic N) is 2. The largest absolute Gasteiger partial charge is 0.382 e. The fourth-order valence-electron chi connectivity index (χ4n) is 1.88. The minimum absolute atomic E-state index is 0.632. The van der Waals surface area contributed by atoms with E-state index in [0.29, 0.717) is 5.82 Å². The molecule has 0 saturated carbocycles. The molecule has 0 atom stereocenters. The monoisotopic (exact) mass is 230 g/mol. The number of hydrogen-bond donors (Lipinski definition) is 2. The zero-order valence-electron chi connectivity index (χ0n) is 10.1. The first kappa shape index (κ1) is 11.5. The zero-order chi connectivity index (χ0) is 12.1. The number of nitrogen functional groups attached to an aromatic ring is 1. The van der Waals surface area contributed by atoms with E-state index in [4.69, 9.17) is 5.73 Å². The second-order valence-electron chi connectivity index (χ2n) is 4.18. The van der Waals surface area contributed by atoms with E-state index in [1.54, 1.807) is 6.20 Å². The average molecular weight is 230 g/mol. The second-order valence-corrected chi connectivity index (χ2v) is 4.18. The van der Waals surface area contributed by atoms with Crippen molar-refractivity contribution in [2.24, 2.45) is 0 Å². The highest BCUT2D eigenvalue weighted by molar-refractivity contribution is 5.61. The van der Waals surface area contributed by atoms with Crippen molar-refractivity contribution in [1.82, 2.24) is 10.2 Å². The summed E-state index contributed by atoms with van der Waals surface area (Å²) in [6.07, 6.45) is 3.95. The van der Waals surface area contributed by atoms with Crippen molar-refractivity contribution in [3.63, 3.8) is 0 Å². The van der Waals surface area contributed by atoms with Crippen LogP contribution in [0.3, 0.4) is 0 Å². The second kappa shape index (κ2) is 5.39. The molecule has 1 heterocycles. The standard InChI is InChI=1S/C13H18N4/c1-17(12-10-15-16-13(12)14)9-5-8-11-6-3-2-4-7-11/h2-4,6-7,10H,5,8-9H2,1H3,(H3,14,15,16). The Morgan fingerprint density at radius 3 is 2.71 bits per heavy atom. The third kappa shape index (κ3) is 3.00. The van der Waals surface area contributed by atoms with Crippen molar-refractivity contribution in [1.29, 1.82) is 0 Å². The Labute approximate surface area is 101 Å². The lowest BCUT2D eigenvalue weighted by Crippen LogP contribution is -2.19. The maximum atomic E-state index is 5.76. The van der Waals surface area contributed by atoms with Gasteiger partial charge in [0.15, 0.2) is 0 Å². The lowest BCUT2D eigenvalue weighted by atomic mass is 10.1. The van der Waals surface area contributed by atoms with Gasteiger partial charge in [-0.1, -0.05) is 30.3 Å². The minimum Gasteiger partial charge on any atom is -0.382 e. The molecule has 0 spiro atoms. The van der Waals surface area contributed by atoms with Crippen molar-refractivity contribution in [3.05, 3.63) is 42.1 Å². The summed E-state index contributed by atoms with van der Waals surface area (Å²) in [4.78, 5) is 2.13. The maximum absolute atomic E-state index is 5.76. The first-order valence-electron chi connectivity index (χ1n) is 5.81. The minimum atomic E-state index is 0.632. The molecule has 4 heteroatoms. The molecule has 1 aromatic heterocycles. The van der Waals surface area contributed by atoms with E-state index in [1.807, 2.05) is 13.1 Å². The maximum Gasteiger partial charge on any atom is 0.142 e. The smallest absolute Gasteiger partial charge is 0.142 e. The van der Waals surface area contributed by atoms with Crippen molar-refractivity contribution < 1.29 is 0 Å². The molecule has 2 rings (SSSR count). The molecular weight excluding hydrogens is 212 g/mol. The molecule has 4 nitrogen and oxygen atoms in total. The lowest BCUT2D eigenvalue weighted by molar-refractivity contribution is 0.786. The summed E-state index contributed by atoms with van der Waals surface area (Å²) in [6.45, 7) is 0.971. The predicted octanol–water partition coefficient (Wildman–Crippen LogP) is 2.06. The van der Waals surface area contributed by atoms with Crippen LogP contribution in [-0.4, -0.2) is 23.8 Å². The number of H-pyrrole nitrogens is 1. The Bertz CT molecular complexity index is 449. The fourth-order valence-corrected chi connectivity index (χ4v) is 1.88. The summed E-state index contributed by atoms with van der Waals surface area (Å²) < 4.78 is 0. The first-order chi connectivity index (χ1) is 8.27. The number of benzene rings is 1. The Hall–Kier alpha value is -1.97. The molecule has 0 bridgehead atoms. The molecule has 90 valence electrons. The van der Waals surface area contributed by atoms with Crippen LogP contribution in [-0.2, 0) is 6.42 Å². The van der Waals surface area contributed by atoms with Crippen LogP contribution in [0.15, 0.2) is 36.5 Å². The number of aryl methyl sites for hydroxylation is 1. The number of hydrogen-bond acceptors (Lipinski definition) is 3. The molecule has 0 amide bonds. The Balaban J connectivity index is 1.81. The topological polar surface area (TPSA) is 57.9 Å². The summed E-state index contributed by atoms with van der Waals surface area (Å²) in [5.41, 5.74) is 8.11. The highest BCUT2D eigenvalue weighted by Crippen LogP contribution is 2.18. The lowest BCUT2D eigenvalue weighted by Gasteiger charge is -2.17. The molecule has 3 N–H and O–H groups in total. The van der Waals surface area contributed by atoms with Gasteiger partial charge >= 0.3 is 0 Å². The molecular formula is C13H18N4. The van der Waals surface area contributed by atoms with Crippen LogP contribution < -0.4 is 10.6 Å². The van der Waals surface area contributed by atoms with Crippen molar-refractivity contribution in [2.75, 3.05) is 24.2 Å². The molecule has 0 radical (unpaired) electrons. The van der Waals surface area contributed by atoms with E-state index in [9.17, 15) is 0 Å². The van der Waals surface area contributed by atoms with Gasteiger partial charge in [-0.3, -0.25) is 5.10 Å². The van der Waals surface area contributed by atoms with Crippen LogP contribution in [0, 0.1) is 0 Å². The number of nitrogens with two attached hydrogens (primary N) is 1. The van der Waals surface area contributed by atoms with E-state index < -0.39 is 0 Å². The molecule has 0 fully saturated rings. The third-order valence-corrected chi connectivity index (χ3v) is 2.86. The van der Waals surface area contributed by atoms with Gasteiger partial charge in [-0.15, -0.1) is 0 Å². The Morgan fingerprint density at radius 2 is 2.06 bits per heavy atom. The summed E-state index contributed by atoms with van der Waals surface area (Å²) in [5.74, 6) is 0.632. The molecule has 1 aromatic carbocycles. The van der Waals surface area contributed by atoms with Gasteiger partial charge in [-0.25, -0.2) is 0 Å². The van der Waals surface area contributed by atoms with E-state index in [2.05, 4.69) is 39.4 Å². The zero-order valence-corrected chi connectivity index (χ0v) is 10.1. The van der Waals surface area contributed by atoms with E-state index >= 15 is 0 Å². The van der Waals surface area contributed by atoms with Crippen LogP contribution in [0.1, 0.15) is 12.0 Å². The predicted molar refractivity (Wildman–Crippen MR) is 71.0 cm³/mol. The van der Waals surface area contributed by atoms with Crippen LogP contribution >= 0.6 is 0 Å². The van der Waals surface area contributed by atoms with Gasteiger partial charge in [0.2, 0.25) is 0 Å². The van der Waals surface area contributed by atoms with Crippen LogP contribution in [0.25, 0.3) is 0 Å². The summed E-state index contributed by atoms with van der Waals surface area (Å²) >= 11 is 0. The highest BCUT2D eigenvalue weighted by Gasteiger charge is 2.06. The van der Waals surface area contributed by atoms with Gasteiger partial charge in [-0.05, 0) is 18.4 Å². The average Bonchev–Trinajstić information content (AvgIpc) is 2.77. The van der Waals surface area contributed by atoms with Gasteiger partial charge < -0.3 is 10.6 Å². The number of aromatic nitrogens is 2. The third-order valence-electron chi connectivity index (χ3n) is 2.86. The van der Waals surface area contributed by atoms with Crippen LogP contribution in [0.5, 0.6) is 0 Å². The van der Waals surface area contributed by atoms with Crippen LogP contribution in [0.2, 0.25) is 0 Å². The summed E-state index contributed by atoms with van der Waals surface area (Å²) in [5, 5.41) is 6.66. The van der Waals surface area contributed by atoms with Crippen molar-refractivity contribution >= 4 is 11.5 Å². The molecule has 0 aliphatic heterocycles. The van der Waals surface area contributed by atoms with Gasteiger partial charge in [0.05, 0.1) is 11.9 Å². The fraction of sp³-hybridized carbons (Fsp3) is 0.308. The van der Waals surface area contributed by atoms with E-state index in [1.165, 1.54) is 5.56 Å². The van der Waals surface area contributed by atoms with Crippen molar-refractivity contribution in [2.45, 2.75) is 12.8 Å². The quantitative estimate of drug-likeness (QED) is 0.826. The summed E-state index contributed by atoms with van der Waals surface area (Å²) in [7, 11) is 2.03. The molecule has 0 unspecified atom stereocenters. The first-order valence-corrected chi connectivity index (χ1v) is 5.81. The molecule has 2 aromatic rings. The summed E-state index contributed by atoms with van der Waals surface area (Å²) in [6, 6.07) is 10.5. The number of rotatable bonds is 5. The molecule has 0 aliphatic rings. The Kier molecular flexibility index (Phi) is 3.65. The van der Waals surface area contributed by atoms with E-state index in [0.717, 1.165) is 25.1 Å². The van der Waals surface area contributed by atoms with Crippen LogP contribution in [0.4, 0.5) is 11.5 Å². The van der Waals surface area contributed by atoms with Gasteiger partial charge in [0, 0.05) is 13.6 Å². The molecule has 17 heavy (non-hydrogen) atoms.